The fourth-order valence-electron chi connectivity index (χ4n) is 2.86. The molecule has 1 aromatic carbocycles. The maximum atomic E-state index is 12.5. The summed E-state index contributed by atoms with van der Waals surface area (Å²) in [7, 11) is 1.65. The van der Waals surface area contributed by atoms with Crippen molar-refractivity contribution in [3.05, 3.63) is 34.9 Å². The van der Waals surface area contributed by atoms with E-state index in [2.05, 4.69) is 5.32 Å². The van der Waals surface area contributed by atoms with Crippen LogP contribution in [0.4, 0.5) is 4.79 Å². The first-order valence-electron chi connectivity index (χ1n) is 7.99. The van der Waals surface area contributed by atoms with Gasteiger partial charge in [-0.15, -0.1) is 0 Å². The summed E-state index contributed by atoms with van der Waals surface area (Å²) in [4.78, 5) is 14.3. The van der Waals surface area contributed by atoms with Crippen LogP contribution in [-0.2, 0) is 4.74 Å². The molecular weight excluding hydrogens is 316 g/mol. The van der Waals surface area contributed by atoms with E-state index in [0.29, 0.717) is 31.1 Å². The Morgan fingerprint density at radius 3 is 2.74 bits per heavy atom. The molecule has 0 saturated carbocycles. The standard InChI is InChI=1S/C17H25ClN2O3/c1-12(21)14-7-9-20(11-14)17(22)19-16(8-10-23-2)13-3-5-15(18)6-4-13/h3-6,12,14,16,21H,7-11H2,1-2H3,(H,19,22)/t12-,14+,16+/m1/s1. The number of amides is 2. The second kappa shape index (κ2) is 8.52. The van der Waals surface area contributed by atoms with Crippen molar-refractivity contribution in [3.63, 3.8) is 0 Å². The Bertz CT molecular complexity index is 507. The molecule has 1 aliphatic heterocycles. The summed E-state index contributed by atoms with van der Waals surface area (Å²) in [6.45, 7) is 3.62. The van der Waals surface area contributed by atoms with Crippen molar-refractivity contribution < 1.29 is 14.6 Å². The number of hydrogen-bond acceptors (Lipinski definition) is 3. The fraction of sp³-hybridized carbons (Fsp3) is 0.588. The Kier molecular flexibility index (Phi) is 6.69. The highest BCUT2D eigenvalue weighted by Gasteiger charge is 2.30. The first kappa shape index (κ1) is 18.0. The average molecular weight is 341 g/mol. The zero-order valence-electron chi connectivity index (χ0n) is 13.7. The molecule has 5 nitrogen and oxygen atoms in total. The smallest absolute Gasteiger partial charge is 0.317 e. The molecule has 1 aromatic rings. The van der Waals surface area contributed by atoms with E-state index in [9.17, 15) is 9.90 Å². The van der Waals surface area contributed by atoms with E-state index in [1.165, 1.54) is 0 Å². The van der Waals surface area contributed by atoms with Gasteiger partial charge in [0.05, 0.1) is 12.1 Å². The molecule has 1 aliphatic rings. The number of aliphatic hydroxyl groups excluding tert-OH is 1. The van der Waals surface area contributed by atoms with Crippen LogP contribution < -0.4 is 5.32 Å². The number of aliphatic hydroxyl groups is 1. The van der Waals surface area contributed by atoms with Crippen LogP contribution in [0.2, 0.25) is 5.02 Å². The molecular formula is C17H25ClN2O3. The molecule has 0 spiro atoms. The number of nitrogens with zero attached hydrogens (tertiary/aromatic N) is 1. The first-order chi connectivity index (χ1) is 11.0. The minimum absolute atomic E-state index is 0.0933. The highest BCUT2D eigenvalue weighted by atomic mass is 35.5. The monoisotopic (exact) mass is 340 g/mol. The summed E-state index contributed by atoms with van der Waals surface area (Å²) in [6.07, 6.45) is 1.15. The van der Waals surface area contributed by atoms with Gasteiger partial charge >= 0.3 is 6.03 Å². The lowest BCUT2D eigenvalue weighted by molar-refractivity contribution is 0.128. The number of urea groups is 1. The third-order valence-corrected chi connectivity index (χ3v) is 4.63. The van der Waals surface area contributed by atoms with Crippen molar-refractivity contribution in [2.75, 3.05) is 26.8 Å². The number of likely N-dealkylation sites (tertiary alicyclic amines) is 1. The summed E-state index contributed by atoms with van der Waals surface area (Å²) in [5, 5.41) is 13.4. The van der Waals surface area contributed by atoms with Crippen molar-refractivity contribution in [2.24, 2.45) is 5.92 Å². The van der Waals surface area contributed by atoms with Crippen molar-refractivity contribution in [1.82, 2.24) is 10.2 Å². The predicted molar refractivity (Wildman–Crippen MR) is 90.6 cm³/mol. The summed E-state index contributed by atoms with van der Waals surface area (Å²) < 4.78 is 5.15. The number of hydrogen-bond donors (Lipinski definition) is 2. The van der Waals surface area contributed by atoms with Gasteiger partial charge in [-0.2, -0.15) is 0 Å². The number of benzene rings is 1. The second-order valence-electron chi connectivity index (χ2n) is 6.07. The summed E-state index contributed by atoms with van der Waals surface area (Å²) in [5.41, 5.74) is 1.01. The zero-order chi connectivity index (χ0) is 16.8. The van der Waals surface area contributed by atoms with Crippen LogP contribution in [0.25, 0.3) is 0 Å². The van der Waals surface area contributed by atoms with Crippen LogP contribution in [0.5, 0.6) is 0 Å². The predicted octanol–water partition coefficient (Wildman–Crippen LogP) is 2.83. The molecule has 3 atom stereocenters. The molecule has 2 N–H and O–H groups in total. The van der Waals surface area contributed by atoms with Crippen molar-refractivity contribution in [3.8, 4) is 0 Å². The lowest BCUT2D eigenvalue weighted by atomic mass is 10.0. The summed E-state index contributed by atoms with van der Waals surface area (Å²) in [6, 6.07) is 7.27. The molecule has 1 saturated heterocycles. The molecule has 0 aromatic heterocycles. The fourth-order valence-corrected chi connectivity index (χ4v) is 2.98. The molecule has 1 fully saturated rings. The van der Waals surface area contributed by atoms with Gasteiger partial charge in [0, 0.05) is 37.7 Å². The average Bonchev–Trinajstić information content (AvgIpc) is 3.02. The zero-order valence-corrected chi connectivity index (χ0v) is 14.4. The van der Waals surface area contributed by atoms with Crippen molar-refractivity contribution in [2.45, 2.75) is 31.9 Å². The van der Waals surface area contributed by atoms with Gasteiger partial charge in [0.25, 0.3) is 0 Å². The van der Waals surface area contributed by atoms with Gasteiger partial charge in [-0.3, -0.25) is 0 Å². The van der Waals surface area contributed by atoms with E-state index in [1.54, 1.807) is 18.9 Å². The molecule has 23 heavy (non-hydrogen) atoms. The SMILES string of the molecule is COCC[C@H](NC(=O)N1CC[C@H]([C@@H](C)O)C1)c1ccc(Cl)cc1. The van der Waals surface area contributed by atoms with Gasteiger partial charge in [-0.1, -0.05) is 23.7 Å². The van der Waals surface area contributed by atoms with Gasteiger partial charge in [-0.25, -0.2) is 4.79 Å². The molecule has 0 unspecified atom stereocenters. The lowest BCUT2D eigenvalue weighted by Crippen LogP contribution is -2.41. The Morgan fingerprint density at radius 2 is 2.17 bits per heavy atom. The quantitative estimate of drug-likeness (QED) is 0.837. The number of carbonyl (C=O) groups excluding carboxylic acids is 1. The number of carbonyl (C=O) groups is 1. The van der Waals surface area contributed by atoms with Gasteiger partial charge < -0.3 is 20.1 Å². The van der Waals surface area contributed by atoms with E-state index < -0.39 is 0 Å². The van der Waals surface area contributed by atoms with E-state index in [1.807, 2.05) is 24.3 Å². The van der Waals surface area contributed by atoms with Crippen LogP contribution in [-0.4, -0.2) is 48.9 Å². The Labute approximate surface area is 142 Å². The summed E-state index contributed by atoms with van der Waals surface area (Å²) in [5.74, 6) is 0.161. The van der Waals surface area contributed by atoms with Crippen LogP contribution in [0.1, 0.15) is 31.4 Å². The Morgan fingerprint density at radius 1 is 1.48 bits per heavy atom. The Hall–Kier alpha value is -1.30. The van der Waals surface area contributed by atoms with E-state index in [0.717, 1.165) is 12.0 Å². The van der Waals surface area contributed by atoms with Crippen LogP contribution >= 0.6 is 11.6 Å². The van der Waals surface area contributed by atoms with Crippen LogP contribution in [0.3, 0.4) is 0 Å². The van der Waals surface area contributed by atoms with Crippen LogP contribution in [0.15, 0.2) is 24.3 Å². The molecule has 1 heterocycles. The van der Waals surface area contributed by atoms with Gasteiger partial charge in [0.15, 0.2) is 0 Å². The number of ether oxygens (including phenoxy) is 1. The molecule has 0 aliphatic carbocycles. The van der Waals surface area contributed by atoms with Gasteiger partial charge in [-0.05, 0) is 37.5 Å². The molecule has 0 radical (unpaired) electrons. The highest BCUT2D eigenvalue weighted by molar-refractivity contribution is 6.30. The number of methoxy groups -OCH3 is 1. The molecule has 128 valence electrons. The summed E-state index contributed by atoms with van der Waals surface area (Å²) >= 11 is 5.93. The number of nitrogens with one attached hydrogen (secondary N) is 1. The first-order valence-corrected chi connectivity index (χ1v) is 8.37. The second-order valence-corrected chi connectivity index (χ2v) is 6.51. The van der Waals surface area contributed by atoms with E-state index in [4.69, 9.17) is 16.3 Å². The van der Waals surface area contributed by atoms with Crippen LogP contribution in [0, 0.1) is 5.92 Å². The largest absolute Gasteiger partial charge is 0.393 e. The molecule has 0 bridgehead atoms. The normalized spacial score (nSPS) is 20.3. The molecule has 2 amide bonds. The van der Waals surface area contributed by atoms with E-state index in [-0.39, 0.29) is 24.1 Å². The lowest BCUT2D eigenvalue weighted by Gasteiger charge is -2.24. The third-order valence-electron chi connectivity index (χ3n) is 4.37. The van der Waals surface area contributed by atoms with Crippen molar-refractivity contribution in [1.29, 1.82) is 0 Å². The molecule has 2 rings (SSSR count). The maximum Gasteiger partial charge on any atom is 0.317 e. The minimum atomic E-state index is -0.381. The van der Waals surface area contributed by atoms with Gasteiger partial charge in [0.2, 0.25) is 0 Å². The maximum absolute atomic E-state index is 12.5. The number of halogens is 1. The Balaban J connectivity index is 2.00. The number of rotatable bonds is 6. The third kappa shape index (κ3) is 5.09. The van der Waals surface area contributed by atoms with E-state index >= 15 is 0 Å². The van der Waals surface area contributed by atoms with Gasteiger partial charge in [0.1, 0.15) is 0 Å². The molecule has 6 heteroatoms. The van der Waals surface area contributed by atoms with Crippen molar-refractivity contribution >= 4 is 17.6 Å². The topological polar surface area (TPSA) is 61.8 Å². The minimum Gasteiger partial charge on any atom is -0.393 e. The highest BCUT2D eigenvalue weighted by Crippen LogP contribution is 2.23.